The lowest BCUT2D eigenvalue weighted by Gasteiger charge is -2.30. The van der Waals surface area contributed by atoms with Crippen LogP contribution in [0.3, 0.4) is 0 Å². The van der Waals surface area contributed by atoms with E-state index in [0.29, 0.717) is 30.6 Å². The maximum atomic E-state index is 13.0. The number of rotatable bonds is 2. The van der Waals surface area contributed by atoms with Gasteiger partial charge in [0.05, 0.1) is 4.90 Å². The number of hydrogen-bond acceptors (Lipinski definition) is 3. The number of sulfonamides is 1. The maximum absolute atomic E-state index is 13.0. The number of primary sulfonamides is 1. The maximum Gasteiger partial charge on any atom is 0.258 e. The van der Waals surface area contributed by atoms with Gasteiger partial charge in [-0.15, -0.1) is 0 Å². The summed E-state index contributed by atoms with van der Waals surface area (Å²) in [6, 6.07) is 9.84. The molecule has 2 aromatic rings. The first-order valence-corrected chi connectivity index (χ1v) is 8.64. The van der Waals surface area contributed by atoms with Crippen molar-refractivity contribution in [2.45, 2.75) is 17.7 Å². The predicted octanol–water partition coefficient (Wildman–Crippen LogP) is 2.07. The van der Waals surface area contributed by atoms with Gasteiger partial charge >= 0.3 is 0 Å². The van der Waals surface area contributed by atoms with Gasteiger partial charge in [-0.2, -0.15) is 0 Å². The minimum atomic E-state index is -3.78. The summed E-state index contributed by atoms with van der Waals surface area (Å²) in [7, 11) is -3.78. The van der Waals surface area contributed by atoms with Crippen molar-refractivity contribution in [1.29, 1.82) is 0 Å². The number of benzene rings is 2. The normalized spacial score (nSPS) is 14.4. The van der Waals surface area contributed by atoms with Gasteiger partial charge in [0.25, 0.3) is 5.91 Å². The summed E-state index contributed by atoms with van der Waals surface area (Å²) < 4.78 is 35.9. The number of carbonyl (C=O) groups is 1. The highest BCUT2D eigenvalue weighted by atomic mass is 32.2. The van der Waals surface area contributed by atoms with Crippen molar-refractivity contribution in [3.05, 3.63) is 59.4 Å². The largest absolute Gasteiger partial charge is 0.308 e. The van der Waals surface area contributed by atoms with Crippen LogP contribution < -0.4 is 10.0 Å². The van der Waals surface area contributed by atoms with Crippen LogP contribution in [0.4, 0.5) is 10.1 Å². The molecule has 5 nitrogen and oxygen atoms in total. The van der Waals surface area contributed by atoms with Gasteiger partial charge in [0, 0.05) is 17.8 Å². The molecule has 0 saturated heterocycles. The Bertz CT molecular complexity index is 863. The molecule has 23 heavy (non-hydrogen) atoms. The smallest absolute Gasteiger partial charge is 0.258 e. The molecule has 1 aliphatic rings. The number of halogens is 1. The Labute approximate surface area is 133 Å². The molecule has 0 saturated carbocycles. The number of aryl methyl sites for hydroxylation is 1. The predicted molar refractivity (Wildman–Crippen MR) is 84.2 cm³/mol. The van der Waals surface area contributed by atoms with Crippen LogP contribution in [0.5, 0.6) is 0 Å². The van der Waals surface area contributed by atoms with E-state index in [1.165, 1.54) is 36.4 Å². The monoisotopic (exact) mass is 334 g/mol. The summed E-state index contributed by atoms with van der Waals surface area (Å²) in [4.78, 5) is 14.2. The number of amides is 1. The molecule has 0 bridgehead atoms. The van der Waals surface area contributed by atoms with Crippen LogP contribution in [0.25, 0.3) is 0 Å². The highest BCUT2D eigenvalue weighted by Gasteiger charge is 2.24. The number of nitrogens with two attached hydrogens (primary N) is 1. The molecule has 3 rings (SSSR count). The highest BCUT2D eigenvalue weighted by Crippen LogP contribution is 2.30. The van der Waals surface area contributed by atoms with Gasteiger partial charge < -0.3 is 4.90 Å². The first-order chi connectivity index (χ1) is 10.9. The second-order valence-corrected chi connectivity index (χ2v) is 6.96. The number of fused-ring (bicyclic) bond motifs is 1. The van der Waals surface area contributed by atoms with Crippen LogP contribution in [-0.4, -0.2) is 20.9 Å². The van der Waals surface area contributed by atoms with E-state index in [1.54, 1.807) is 11.0 Å². The van der Waals surface area contributed by atoms with Gasteiger partial charge in [0.2, 0.25) is 10.0 Å². The van der Waals surface area contributed by atoms with Crippen LogP contribution in [0.2, 0.25) is 0 Å². The van der Waals surface area contributed by atoms with E-state index in [4.69, 9.17) is 5.14 Å². The summed E-state index contributed by atoms with van der Waals surface area (Å²) in [5.41, 5.74) is 1.81. The van der Waals surface area contributed by atoms with Crippen molar-refractivity contribution in [2.75, 3.05) is 11.4 Å². The molecule has 120 valence electrons. The van der Waals surface area contributed by atoms with Crippen LogP contribution in [0.1, 0.15) is 22.3 Å². The molecule has 1 aliphatic heterocycles. The summed E-state index contributed by atoms with van der Waals surface area (Å²) in [5, 5.41) is 5.15. The zero-order valence-electron chi connectivity index (χ0n) is 12.2. The SMILES string of the molecule is NS(=O)(=O)c1ccc2c(c1)CCCN2C(=O)c1ccc(F)cc1. The van der Waals surface area contributed by atoms with E-state index in [1.807, 2.05) is 0 Å². The molecule has 0 fully saturated rings. The third-order valence-electron chi connectivity index (χ3n) is 3.83. The van der Waals surface area contributed by atoms with Crippen molar-refractivity contribution >= 4 is 21.6 Å². The minimum absolute atomic E-state index is 0.0346. The third kappa shape index (κ3) is 3.11. The van der Waals surface area contributed by atoms with Gasteiger partial charge in [-0.1, -0.05) is 0 Å². The number of anilines is 1. The zero-order valence-corrected chi connectivity index (χ0v) is 13.0. The van der Waals surface area contributed by atoms with E-state index >= 15 is 0 Å². The Morgan fingerprint density at radius 3 is 2.48 bits per heavy atom. The molecular formula is C16H15FN2O3S. The van der Waals surface area contributed by atoms with Gasteiger partial charge in [-0.05, 0) is 60.9 Å². The van der Waals surface area contributed by atoms with Crippen molar-refractivity contribution in [3.8, 4) is 0 Å². The first kappa shape index (κ1) is 15.6. The lowest BCUT2D eigenvalue weighted by Crippen LogP contribution is -2.35. The van der Waals surface area contributed by atoms with Crippen molar-refractivity contribution in [1.82, 2.24) is 0 Å². The van der Waals surface area contributed by atoms with E-state index in [9.17, 15) is 17.6 Å². The second kappa shape index (κ2) is 5.75. The number of carbonyl (C=O) groups excluding carboxylic acids is 1. The first-order valence-electron chi connectivity index (χ1n) is 7.09. The van der Waals surface area contributed by atoms with Gasteiger partial charge in [-0.25, -0.2) is 17.9 Å². The number of nitrogens with zero attached hydrogens (tertiary/aromatic N) is 1. The summed E-state index contributed by atoms with van der Waals surface area (Å²) >= 11 is 0. The van der Waals surface area contributed by atoms with E-state index in [2.05, 4.69) is 0 Å². The summed E-state index contributed by atoms with van der Waals surface area (Å²) in [5.74, 6) is -0.646. The molecule has 0 unspecified atom stereocenters. The summed E-state index contributed by atoms with van der Waals surface area (Å²) in [6.07, 6.45) is 1.39. The molecule has 0 aliphatic carbocycles. The Kier molecular flexibility index (Phi) is 3.91. The molecular weight excluding hydrogens is 319 g/mol. The molecule has 0 atom stereocenters. The fraction of sp³-hybridized carbons (Fsp3) is 0.188. The average Bonchev–Trinajstić information content (AvgIpc) is 2.53. The zero-order chi connectivity index (χ0) is 16.6. The molecule has 2 aromatic carbocycles. The van der Waals surface area contributed by atoms with Crippen molar-refractivity contribution in [3.63, 3.8) is 0 Å². The Morgan fingerprint density at radius 2 is 1.83 bits per heavy atom. The second-order valence-electron chi connectivity index (χ2n) is 5.40. The quantitative estimate of drug-likeness (QED) is 0.913. The van der Waals surface area contributed by atoms with E-state index in [0.717, 1.165) is 5.56 Å². The fourth-order valence-corrected chi connectivity index (χ4v) is 3.27. The lowest BCUT2D eigenvalue weighted by molar-refractivity contribution is 0.0985. The van der Waals surface area contributed by atoms with Gasteiger partial charge in [-0.3, -0.25) is 4.79 Å². The molecule has 7 heteroatoms. The van der Waals surface area contributed by atoms with Crippen LogP contribution >= 0.6 is 0 Å². The van der Waals surface area contributed by atoms with Crippen LogP contribution in [0.15, 0.2) is 47.4 Å². The molecule has 0 spiro atoms. The van der Waals surface area contributed by atoms with E-state index in [-0.39, 0.29) is 10.8 Å². The van der Waals surface area contributed by atoms with E-state index < -0.39 is 15.8 Å². The Hall–Kier alpha value is -2.25. The Morgan fingerprint density at radius 1 is 1.13 bits per heavy atom. The lowest BCUT2D eigenvalue weighted by atomic mass is 10.0. The van der Waals surface area contributed by atoms with Crippen molar-refractivity contribution in [2.24, 2.45) is 5.14 Å². The van der Waals surface area contributed by atoms with Crippen LogP contribution in [0, 0.1) is 5.82 Å². The molecule has 1 heterocycles. The standard InChI is InChI=1S/C16H15FN2O3S/c17-13-5-3-11(4-6-13)16(20)19-9-1-2-12-10-14(23(18,21)22)7-8-15(12)19/h3-8,10H,1-2,9H2,(H2,18,21,22). The molecule has 2 N–H and O–H groups in total. The molecule has 0 radical (unpaired) electrons. The Balaban J connectivity index is 1.98. The van der Waals surface area contributed by atoms with Crippen LogP contribution in [-0.2, 0) is 16.4 Å². The molecule has 1 amide bonds. The van der Waals surface area contributed by atoms with Gasteiger partial charge in [0.1, 0.15) is 5.82 Å². The third-order valence-corrected chi connectivity index (χ3v) is 4.75. The number of hydrogen-bond donors (Lipinski definition) is 1. The van der Waals surface area contributed by atoms with Crippen molar-refractivity contribution < 1.29 is 17.6 Å². The minimum Gasteiger partial charge on any atom is -0.308 e. The highest BCUT2D eigenvalue weighted by molar-refractivity contribution is 7.89. The fourth-order valence-electron chi connectivity index (χ4n) is 2.71. The molecule has 0 aromatic heterocycles. The van der Waals surface area contributed by atoms with Gasteiger partial charge in [0.15, 0.2) is 0 Å². The topological polar surface area (TPSA) is 80.5 Å². The average molecular weight is 334 g/mol. The summed E-state index contributed by atoms with van der Waals surface area (Å²) in [6.45, 7) is 0.526.